The standard InChI is InChI=1S/C12H12N6O5/c1-22-8-4-3-7(5-9(8)23-2)6-13-16-11(19)10-14-12(17-15-10)18(20)21/h3-6H,1-2H3,(H,16,19)(H,14,15,17)/b13-6-. The number of ether oxygens (including phenoxy) is 2. The summed E-state index contributed by atoms with van der Waals surface area (Å²) in [4.78, 5) is 24.7. The Morgan fingerprint density at radius 3 is 2.74 bits per heavy atom. The molecule has 11 heteroatoms. The van der Waals surface area contributed by atoms with Gasteiger partial charge in [0.15, 0.2) is 11.5 Å². The Morgan fingerprint density at radius 2 is 2.13 bits per heavy atom. The maximum absolute atomic E-state index is 11.7. The fraction of sp³-hybridized carbons (Fsp3) is 0.167. The van der Waals surface area contributed by atoms with Gasteiger partial charge in [0.25, 0.3) is 0 Å². The largest absolute Gasteiger partial charge is 0.493 e. The van der Waals surface area contributed by atoms with E-state index in [9.17, 15) is 14.9 Å². The lowest BCUT2D eigenvalue weighted by molar-refractivity contribution is -0.394. The number of nitro groups is 1. The Kier molecular flexibility index (Phi) is 4.82. The van der Waals surface area contributed by atoms with E-state index in [2.05, 4.69) is 20.6 Å². The number of amides is 1. The summed E-state index contributed by atoms with van der Waals surface area (Å²) in [7, 11) is 3.01. The van der Waals surface area contributed by atoms with Crippen LogP contribution in [-0.4, -0.2) is 46.4 Å². The summed E-state index contributed by atoms with van der Waals surface area (Å²) in [5.74, 6) is -0.736. The van der Waals surface area contributed by atoms with Gasteiger partial charge >= 0.3 is 17.7 Å². The summed E-state index contributed by atoms with van der Waals surface area (Å²) >= 11 is 0. The third-order valence-corrected chi connectivity index (χ3v) is 2.64. The van der Waals surface area contributed by atoms with Gasteiger partial charge in [-0.25, -0.2) is 5.43 Å². The summed E-state index contributed by atoms with van der Waals surface area (Å²) in [5, 5.41) is 19.6. The lowest BCUT2D eigenvalue weighted by Gasteiger charge is -2.07. The zero-order chi connectivity index (χ0) is 16.8. The smallest absolute Gasteiger partial charge is 0.454 e. The Balaban J connectivity index is 2.03. The quantitative estimate of drug-likeness (QED) is 0.447. The van der Waals surface area contributed by atoms with Gasteiger partial charge in [-0.05, 0) is 33.7 Å². The number of aromatic amines is 1. The average molecular weight is 320 g/mol. The molecule has 0 spiro atoms. The highest BCUT2D eigenvalue weighted by Crippen LogP contribution is 2.26. The number of nitrogens with one attached hydrogen (secondary N) is 2. The van der Waals surface area contributed by atoms with E-state index < -0.39 is 16.8 Å². The first-order valence-electron chi connectivity index (χ1n) is 6.17. The maximum Gasteiger partial charge on any atom is 0.454 e. The Labute approximate surface area is 129 Å². The van der Waals surface area contributed by atoms with Gasteiger partial charge in [-0.1, -0.05) is 5.10 Å². The van der Waals surface area contributed by atoms with E-state index in [0.717, 1.165) is 0 Å². The van der Waals surface area contributed by atoms with Crippen LogP contribution in [0.5, 0.6) is 11.5 Å². The molecule has 120 valence electrons. The van der Waals surface area contributed by atoms with Crippen LogP contribution in [0, 0.1) is 10.1 Å². The topological polar surface area (TPSA) is 145 Å². The van der Waals surface area contributed by atoms with Gasteiger partial charge in [0, 0.05) is 0 Å². The summed E-state index contributed by atoms with van der Waals surface area (Å²) < 4.78 is 10.2. The van der Waals surface area contributed by atoms with Crippen LogP contribution >= 0.6 is 0 Å². The molecular weight excluding hydrogens is 308 g/mol. The van der Waals surface area contributed by atoms with E-state index in [1.54, 1.807) is 18.2 Å². The number of carbonyl (C=O) groups is 1. The van der Waals surface area contributed by atoms with Crippen LogP contribution in [0.2, 0.25) is 0 Å². The number of aromatic nitrogens is 3. The summed E-state index contributed by atoms with van der Waals surface area (Å²) in [6, 6.07) is 5.04. The van der Waals surface area contributed by atoms with Gasteiger partial charge in [-0.2, -0.15) is 5.10 Å². The minimum atomic E-state index is -0.795. The number of benzene rings is 1. The number of hydrogen-bond acceptors (Lipinski definition) is 8. The molecule has 0 aliphatic carbocycles. The molecule has 1 heterocycles. The third kappa shape index (κ3) is 3.78. The lowest BCUT2D eigenvalue weighted by atomic mass is 10.2. The average Bonchev–Trinajstić information content (AvgIpc) is 3.05. The molecule has 0 unspecified atom stereocenters. The molecule has 11 nitrogen and oxygen atoms in total. The van der Waals surface area contributed by atoms with Crippen LogP contribution in [-0.2, 0) is 0 Å². The second-order valence-electron chi connectivity index (χ2n) is 4.05. The molecule has 2 aromatic rings. The monoisotopic (exact) mass is 320 g/mol. The van der Waals surface area contributed by atoms with Crippen LogP contribution < -0.4 is 14.9 Å². The molecule has 1 aromatic carbocycles. The first-order chi connectivity index (χ1) is 11.0. The van der Waals surface area contributed by atoms with Gasteiger partial charge < -0.3 is 19.6 Å². The van der Waals surface area contributed by atoms with Gasteiger partial charge in [0.05, 0.1) is 20.4 Å². The molecule has 2 N–H and O–H groups in total. The lowest BCUT2D eigenvalue weighted by Crippen LogP contribution is -2.19. The molecule has 0 aliphatic rings. The molecule has 1 amide bonds. The minimum absolute atomic E-state index is 0.388. The molecular formula is C12H12N6O5. The number of rotatable bonds is 6. The van der Waals surface area contributed by atoms with Crippen molar-refractivity contribution < 1.29 is 19.2 Å². The molecule has 0 atom stereocenters. The third-order valence-electron chi connectivity index (χ3n) is 2.64. The van der Waals surface area contributed by atoms with Gasteiger partial charge in [0.1, 0.15) is 0 Å². The number of hydrogen-bond donors (Lipinski definition) is 2. The van der Waals surface area contributed by atoms with Crippen molar-refractivity contribution in [2.24, 2.45) is 5.10 Å². The fourth-order valence-corrected chi connectivity index (χ4v) is 1.59. The Hall–Kier alpha value is -3.50. The van der Waals surface area contributed by atoms with Crippen LogP contribution in [0.25, 0.3) is 0 Å². The zero-order valence-electron chi connectivity index (χ0n) is 12.1. The van der Waals surface area contributed by atoms with E-state index in [1.807, 2.05) is 5.10 Å². The fourth-order valence-electron chi connectivity index (χ4n) is 1.59. The number of hydrazone groups is 1. The Bertz CT molecular complexity index is 756. The van der Waals surface area contributed by atoms with Crippen molar-refractivity contribution in [2.45, 2.75) is 0 Å². The van der Waals surface area contributed by atoms with Crippen molar-refractivity contribution in [1.82, 2.24) is 20.6 Å². The predicted molar refractivity (Wildman–Crippen MR) is 77.6 cm³/mol. The van der Waals surface area contributed by atoms with E-state index in [4.69, 9.17) is 9.47 Å². The molecule has 0 radical (unpaired) electrons. The van der Waals surface area contributed by atoms with Crippen molar-refractivity contribution >= 4 is 18.1 Å². The molecule has 1 aromatic heterocycles. The van der Waals surface area contributed by atoms with Crippen molar-refractivity contribution in [2.75, 3.05) is 14.2 Å². The number of H-pyrrole nitrogens is 1. The number of nitrogens with zero attached hydrogens (tertiary/aromatic N) is 4. The van der Waals surface area contributed by atoms with Gasteiger partial charge in [0.2, 0.25) is 0 Å². The molecule has 2 rings (SSSR count). The highest BCUT2D eigenvalue weighted by Gasteiger charge is 2.20. The second kappa shape index (κ2) is 6.98. The SMILES string of the molecule is COc1ccc(/C=N\NC(=O)c2n[nH]c([N+](=O)[O-])n2)cc1OC. The molecule has 0 fully saturated rings. The summed E-state index contributed by atoms with van der Waals surface area (Å²) in [5.41, 5.74) is 2.80. The Morgan fingerprint density at radius 1 is 1.39 bits per heavy atom. The van der Waals surface area contributed by atoms with Crippen molar-refractivity contribution in [3.63, 3.8) is 0 Å². The predicted octanol–water partition coefficient (Wildman–Crippen LogP) is 0.494. The number of methoxy groups -OCH3 is 2. The van der Waals surface area contributed by atoms with Crippen LogP contribution in [0.3, 0.4) is 0 Å². The normalized spacial score (nSPS) is 10.5. The van der Waals surface area contributed by atoms with Gasteiger partial charge in [-0.3, -0.25) is 4.79 Å². The van der Waals surface area contributed by atoms with E-state index in [0.29, 0.717) is 17.1 Å². The maximum atomic E-state index is 11.7. The highest BCUT2D eigenvalue weighted by molar-refractivity contribution is 5.91. The molecule has 0 bridgehead atoms. The van der Waals surface area contributed by atoms with Gasteiger partial charge in [-0.15, -0.1) is 5.10 Å². The van der Waals surface area contributed by atoms with Crippen molar-refractivity contribution in [1.29, 1.82) is 0 Å². The summed E-state index contributed by atoms with van der Waals surface area (Å²) in [6.45, 7) is 0. The zero-order valence-corrected chi connectivity index (χ0v) is 12.1. The first-order valence-corrected chi connectivity index (χ1v) is 6.17. The number of carbonyl (C=O) groups excluding carboxylic acids is 1. The van der Waals surface area contributed by atoms with Crippen molar-refractivity contribution in [3.8, 4) is 11.5 Å². The summed E-state index contributed by atoms with van der Waals surface area (Å²) in [6.07, 6.45) is 1.36. The molecule has 0 saturated carbocycles. The van der Waals surface area contributed by atoms with E-state index >= 15 is 0 Å². The molecule has 0 saturated heterocycles. The van der Waals surface area contributed by atoms with E-state index in [-0.39, 0.29) is 5.82 Å². The highest BCUT2D eigenvalue weighted by atomic mass is 16.6. The van der Waals surface area contributed by atoms with E-state index in [1.165, 1.54) is 20.4 Å². The van der Waals surface area contributed by atoms with Crippen LogP contribution in [0.1, 0.15) is 16.2 Å². The first kappa shape index (κ1) is 15.9. The minimum Gasteiger partial charge on any atom is -0.493 e. The van der Waals surface area contributed by atoms with Crippen molar-refractivity contribution in [3.05, 3.63) is 39.7 Å². The second-order valence-corrected chi connectivity index (χ2v) is 4.05. The van der Waals surface area contributed by atoms with Crippen LogP contribution in [0.15, 0.2) is 23.3 Å². The van der Waals surface area contributed by atoms with Crippen LogP contribution in [0.4, 0.5) is 5.95 Å². The molecule has 23 heavy (non-hydrogen) atoms. The molecule has 0 aliphatic heterocycles.